The molecule has 0 spiro atoms. The zero-order chi connectivity index (χ0) is 19.9. The molecule has 1 heterocycles. The van der Waals surface area contributed by atoms with Crippen molar-refractivity contribution in [2.75, 3.05) is 0 Å². The predicted molar refractivity (Wildman–Crippen MR) is 110 cm³/mol. The topological polar surface area (TPSA) is 73.6 Å². The van der Waals surface area contributed by atoms with Crippen LogP contribution < -0.4 is 0 Å². The van der Waals surface area contributed by atoms with Gasteiger partial charge in [0.25, 0.3) is 0 Å². The van der Waals surface area contributed by atoms with Crippen LogP contribution in [0.2, 0.25) is 0 Å². The summed E-state index contributed by atoms with van der Waals surface area (Å²) in [7, 11) is 0. The van der Waals surface area contributed by atoms with Gasteiger partial charge in [0.05, 0.1) is 12.2 Å². The lowest BCUT2D eigenvalue weighted by atomic mass is 9.42. The Morgan fingerprint density at radius 2 is 1.75 bits per heavy atom. The molecule has 1 aromatic rings. The zero-order valence-corrected chi connectivity index (χ0v) is 18.2. The van der Waals surface area contributed by atoms with Crippen molar-refractivity contribution in [3.63, 3.8) is 0 Å². The molecule has 0 aromatic carbocycles. The van der Waals surface area contributed by atoms with Crippen LogP contribution in [0.4, 0.5) is 0 Å². The van der Waals surface area contributed by atoms with E-state index in [0.29, 0.717) is 18.3 Å². The maximum absolute atomic E-state index is 11.8. The standard InChI is InChI=1S/C23H35NO3S/c1-13-4-7-21(2)14-5-8-22(3)15(17(14)19(26)18(25)16(21)12-13)6-9-23(22,27)20-24-10-11-28-20/h10-11,13-19,25-27H,4-9,12H2,1-3H3/t13-,14-,15-,16+,17?,18+,19?,21+,22-,23+/m0/s1. The molecule has 3 N–H and O–H groups in total. The number of aliphatic hydroxyl groups is 3. The van der Waals surface area contributed by atoms with E-state index in [1.807, 2.05) is 5.38 Å². The number of aromatic nitrogens is 1. The number of fused-ring (bicyclic) bond motifs is 5. The second-order valence-corrected chi connectivity index (χ2v) is 11.9. The fourth-order valence-corrected chi connectivity index (χ4v) is 9.16. The second kappa shape index (κ2) is 6.26. The van der Waals surface area contributed by atoms with Crippen molar-refractivity contribution in [2.24, 2.45) is 40.4 Å². The summed E-state index contributed by atoms with van der Waals surface area (Å²) in [6, 6.07) is 0. The lowest BCUT2D eigenvalue weighted by molar-refractivity contribution is -0.229. The lowest BCUT2D eigenvalue weighted by Gasteiger charge is -2.64. The van der Waals surface area contributed by atoms with Crippen LogP contribution in [0.15, 0.2) is 11.6 Å². The third-order valence-electron chi connectivity index (χ3n) is 9.95. The van der Waals surface area contributed by atoms with Gasteiger partial charge >= 0.3 is 0 Å². The van der Waals surface area contributed by atoms with Gasteiger partial charge in [-0.2, -0.15) is 0 Å². The van der Waals surface area contributed by atoms with E-state index >= 15 is 0 Å². The number of hydrogen-bond acceptors (Lipinski definition) is 5. The molecule has 0 saturated heterocycles. The number of hydrogen-bond donors (Lipinski definition) is 3. The highest BCUT2D eigenvalue weighted by atomic mass is 32.1. The van der Waals surface area contributed by atoms with E-state index in [2.05, 4.69) is 25.8 Å². The lowest BCUT2D eigenvalue weighted by Crippen LogP contribution is -2.64. The minimum atomic E-state index is -0.902. The normalized spacial score (nSPS) is 56.0. The molecule has 4 saturated carbocycles. The highest BCUT2D eigenvalue weighted by molar-refractivity contribution is 7.09. The molecule has 5 rings (SSSR count). The number of thiazole rings is 1. The summed E-state index contributed by atoms with van der Waals surface area (Å²) < 4.78 is 0. The summed E-state index contributed by atoms with van der Waals surface area (Å²) in [6.07, 6.45) is 7.54. The summed E-state index contributed by atoms with van der Waals surface area (Å²) >= 11 is 1.55. The summed E-state index contributed by atoms with van der Waals surface area (Å²) in [4.78, 5) is 4.49. The van der Waals surface area contributed by atoms with E-state index in [4.69, 9.17) is 0 Å². The smallest absolute Gasteiger partial charge is 0.125 e. The molecule has 156 valence electrons. The monoisotopic (exact) mass is 405 g/mol. The molecule has 4 aliphatic carbocycles. The first-order valence-corrected chi connectivity index (χ1v) is 12.1. The van der Waals surface area contributed by atoms with Crippen LogP contribution in [-0.2, 0) is 5.60 Å². The molecular formula is C23H35NO3S. The molecule has 28 heavy (non-hydrogen) atoms. The van der Waals surface area contributed by atoms with Crippen LogP contribution in [0.25, 0.3) is 0 Å². The number of rotatable bonds is 1. The Balaban J connectivity index is 1.54. The van der Waals surface area contributed by atoms with Gasteiger partial charge in [0.2, 0.25) is 0 Å². The van der Waals surface area contributed by atoms with Gasteiger partial charge in [0.1, 0.15) is 10.6 Å². The third kappa shape index (κ3) is 2.31. The highest BCUT2D eigenvalue weighted by Crippen LogP contribution is 2.70. The molecule has 2 unspecified atom stereocenters. The Kier molecular flexibility index (Phi) is 4.35. The van der Waals surface area contributed by atoms with E-state index in [1.54, 1.807) is 17.5 Å². The average molecular weight is 406 g/mol. The zero-order valence-electron chi connectivity index (χ0n) is 17.3. The Morgan fingerprint density at radius 1 is 1.00 bits per heavy atom. The quantitative estimate of drug-likeness (QED) is 0.661. The van der Waals surface area contributed by atoms with Crippen molar-refractivity contribution >= 4 is 11.3 Å². The largest absolute Gasteiger partial charge is 0.390 e. The molecule has 10 atom stereocenters. The maximum atomic E-state index is 11.8. The fourth-order valence-electron chi connectivity index (χ4n) is 8.26. The number of aliphatic hydroxyl groups excluding tert-OH is 2. The predicted octanol–water partition coefficient (Wildman–Crippen LogP) is 3.95. The first kappa shape index (κ1) is 19.5. The van der Waals surface area contributed by atoms with Gasteiger partial charge in [0, 0.05) is 17.0 Å². The summed E-state index contributed by atoms with van der Waals surface area (Å²) in [5, 5.41) is 37.1. The van der Waals surface area contributed by atoms with Crippen molar-refractivity contribution in [2.45, 2.75) is 83.5 Å². The van der Waals surface area contributed by atoms with Crippen LogP contribution in [0.3, 0.4) is 0 Å². The molecule has 5 heteroatoms. The van der Waals surface area contributed by atoms with Crippen LogP contribution >= 0.6 is 11.3 Å². The highest BCUT2D eigenvalue weighted by Gasteiger charge is 2.68. The first-order valence-electron chi connectivity index (χ1n) is 11.2. The molecular weight excluding hydrogens is 370 g/mol. The van der Waals surface area contributed by atoms with Gasteiger partial charge < -0.3 is 15.3 Å². The Morgan fingerprint density at radius 3 is 2.46 bits per heavy atom. The van der Waals surface area contributed by atoms with Gasteiger partial charge in [-0.15, -0.1) is 11.3 Å². The Labute approximate surface area is 172 Å². The van der Waals surface area contributed by atoms with Gasteiger partial charge in [-0.1, -0.05) is 27.2 Å². The Hall–Kier alpha value is -0.490. The van der Waals surface area contributed by atoms with Crippen LogP contribution in [0.1, 0.15) is 70.7 Å². The van der Waals surface area contributed by atoms with Crippen molar-refractivity contribution in [3.8, 4) is 0 Å². The van der Waals surface area contributed by atoms with E-state index < -0.39 is 17.8 Å². The van der Waals surface area contributed by atoms with Crippen LogP contribution in [0.5, 0.6) is 0 Å². The summed E-state index contributed by atoms with van der Waals surface area (Å²) in [5.74, 6) is 1.60. The van der Waals surface area contributed by atoms with Crippen molar-refractivity contribution in [3.05, 3.63) is 16.6 Å². The molecule has 4 nitrogen and oxygen atoms in total. The van der Waals surface area contributed by atoms with Crippen LogP contribution in [-0.4, -0.2) is 32.5 Å². The SMILES string of the molecule is C[C@H]1CC[C@@]2(C)[C@H](C1)[C@@H](O)C(O)C1[C@@H]2CC[C@@]2(C)[C@H]1CC[C@@]2(O)c1nccs1. The molecule has 0 bridgehead atoms. The maximum Gasteiger partial charge on any atom is 0.125 e. The second-order valence-electron chi connectivity index (χ2n) is 11.0. The molecule has 1 aromatic heterocycles. The van der Waals surface area contributed by atoms with Gasteiger partial charge in [-0.25, -0.2) is 4.98 Å². The summed E-state index contributed by atoms with van der Waals surface area (Å²) in [6.45, 7) is 6.90. The molecule has 0 aliphatic heterocycles. The molecule has 0 radical (unpaired) electrons. The van der Waals surface area contributed by atoms with Crippen molar-refractivity contribution in [1.82, 2.24) is 4.98 Å². The van der Waals surface area contributed by atoms with Crippen molar-refractivity contribution in [1.29, 1.82) is 0 Å². The minimum absolute atomic E-state index is 0.0809. The van der Waals surface area contributed by atoms with E-state index in [1.165, 1.54) is 6.42 Å². The van der Waals surface area contributed by atoms with E-state index in [0.717, 1.165) is 37.1 Å². The van der Waals surface area contributed by atoms with Crippen LogP contribution in [0, 0.1) is 40.4 Å². The summed E-state index contributed by atoms with van der Waals surface area (Å²) in [5.41, 5.74) is -1.07. The van der Waals surface area contributed by atoms with E-state index in [-0.39, 0.29) is 28.6 Å². The third-order valence-corrected chi connectivity index (χ3v) is 10.9. The van der Waals surface area contributed by atoms with Gasteiger partial charge in [0.15, 0.2) is 0 Å². The molecule has 4 fully saturated rings. The molecule has 4 aliphatic rings. The van der Waals surface area contributed by atoms with Gasteiger partial charge in [-0.05, 0) is 73.5 Å². The first-order chi connectivity index (χ1) is 13.2. The van der Waals surface area contributed by atoms with Gasteiger partial charge in [-0.3, -0.25) is 0 Å². The van der Waals surface area contributed by atoms with Crippen molar-refractivity contribution < 1.29 is 15.3 Å². The fraction of sp³-hybridized carbons (Fsp3) is 0.870. The minimum Gasteiger partial charge on any atom is -0.390 e. The van der Waals surface area contributed by atoms with E-state index in [9.17, 15) is 15.3 Å². The average Bonchev–Trinajstić information content (AvgIpc) is 3.29. The Bertz CT molecular complexity index is 740. The molecule has 0 amide bonds. The number of nitrogens with zero attached hydrogens (tertiary/aromatic N) is 1.